The summed E-state index contributed by atoms with van der Waals surface area (Å²) in [6.07, 6.45) is 4.18. The Kier molecular flexibility index (Phi) is 5.01. The molecule has 0 radical (unpaired) electrons. The molecule has 0 bridgehead atoms. The van der Waals surface area contributed by atoms with Crippen molar-refractivity contribution < 1.29 is 0 Å². The predicted molar refractivity (Wildman–Crippen MR) is 79.5 cm³/mol. The van der Waals surface area contributed by atoms with Gasteiger partial charge in [-0.05, 0) is 45.7 Å². The highest BCUT2D eigenvalue weighted by molar-refractivity contribution is 7.15. The Morgan fingerprint density at radius 1 is 1.28 bits per heavy atom. The summed E-state index contributed by atoms with van der Waals surface area (Å²) in [6.45, 7) is 11.4. The third-order valence-corrected chi connectivity index (χ3v) is 4.68. The van der Waals surface area contributed by atoms with Crippen LogP contribution in [-0.4, -0.2) is 36.1 Å². The minimum Gasteiger partial charge on any atom is -0.361 e. The lowest BCUT2D eigenvalue weighted by molar-refractivity contribution is 0.204. The van der Waals surface area contributed by atoms with Crippen LogP contribution in [-0.2, 0) is 0 Å². The maximum absolute atomic E-state index is 4.52. The van der Waals surface area contributed by atoms with Gasteiger partial charge in [-0.25, -0.2) is 4.98 Å². The van der Waals surface area contributed by atoms with Gasteiger partial charge in [0.15, 0.2) is 5.13 Å². The van der Waals surface area contributed by atoms with Crippen molar-refractivity contribution >= 4 is 16.5 Å². The quantitative estimate of drug-likeness (QED) is 0.887. The number of hydrogen-bond donors (Lipinski definition) is 1. The van der Waals surface area contributed by atoms with Crippen molar-refractivity contribution in [3.05, 3.63) is 10.6 Å². The zero-order valence-corrected chi connectivity index (χ0v) is 12.6. The first-order valence-electron chi connectivity index (χ1n) is 7.05. The lowest BCUT2D eigenvalue weighted by Crippen LogP contribution is -2.35. The van der Waals surface area contributed by atoms with Crippen LogP contribution in [0.1, 0.15) is 36.8 Å². The molecule has 1 atom stereocenters. The Balaban J connectivity index is 1.72. The van der Waals surface area contributed by atoms with Crippen molar-refractivity contribution in [1.29, 1.82) is 0 Å². The number of hydrogen-bond acceptors (Lipinski definition) is 4. The summed E-state index contributed by atoms with van der Waals surface area (Å²) < 4.78 is 0. The zero-order chi connectivity index (χ0) is 13.0. The normalized spacial score (nSPS) is 18.8. The molecule has 2 rings (SSSR count). The highest BCUT2D eigenvalue weighted by atomic mass is 32.1. The molecule has 0 saturated carbocycles. The molecule has 4 heteroatoms. The van der Waals surface area contributed by atoms with Crippen LogP contribution in [0.3, 0.4) is 0 Å². The minimum atomic E-state index is 0.688. The number of aromatic nitrogens is 1. The molecular weight excluding hydrogens is 242 g/mol. The molecule has 1 aromatic rings. The molecule has 1 N–H and O–H groups in total. The van der Waals surface area contributed by atoms with Gasteiger partial charge in [-0.1, -0.05) is 13.3 Å². The van der Waals surface area contributed by atoms with E-state index in [9.17, 15) is 0 Å². The van der Waals surface area contributed by atoms with E-state index in [0.717, 1.165) is 17.4 Å². The molecule has 0 aliphatic carbocycles. The summed E-state index contributed by atoms with van der Waals surface area (Å²) in [5.74, 6) is 0.688. The second-order valence-electron chi connectivity index (χ2n) is 5.51. The number of likely N-dealkylation sites (tertiary alicyclic amines) is 1. The first-order valence-corrected chi connectivity index (χ1v) is 7.87. The van der Waals surface area contributed by atoms with Crippen molar-refractivity contribution in [2.45, 2.75) is 40.0 Å². The molecule has 0 aromatic carbocycles. The molecule has 102 valence electrons. The van der Waals surface area contributed by atoms with Crippen molar-refractivity contribution in [1.82, 2.24) is 9.88 Å². The first kappa shape index (κ1) is 13.8. The number of piperidine rings is 1. The predicted octanol–water partition coefficient (Wildman–Crippen LogP) is 3.29. The lowest BCUT2D eigenvalue weighted by atomic mass is 10.1. The van der Waals surface area contributed by atoms with Gasteiger partial charge >= 0.3 is 0 Å². The maximum atomic E-state index is 4.52. The molecule has 2 heterocycles. The molecule has 1 aliphatic heterocycles. The van der Waals surface area contributed by atoms with Gasteiger partial charge in [0.05, 0.1) is 5.69 Å². The molecule has 0 amide bonds. The smallest absolute Gasteiger partial charge is 0.183 e. The van der Waals surface area contributed by atoms with Gasteiger partial charge in [0.25, 0.3) is 0 Å². The van der Waals surface area contributed by atoms with Crippen LogP contribution in [0.15, 0.2) is 0 Å². The average molecular weight is 267 g/mol. The summed E-state index contributed by atoms with van der Waals surface area (Å²) in [6, 6.07) is 0. The van der Waals surface area contributed by atoms with Crippen molar-refractivity contribution in [2.24, 2.45) is 5.92 Å². The van der Waals surface area contributed by atoms with E-state index in [1.807, 2.05) is 0 Å². The number of rotatable bonds is 5. The SMILES string of the molecule is Cc1nc(NCC(C)CN2CCCCC2)sc1C. The van der Waals surface area contributed by atoms with Crippen LogP contribution >= 0.6 is 11.3 Å². The van der Waals surface area contributed by atoms with Crippen LogP contribution < -0.4 is 5.32 Å². The molecule has 1 fully saturated rings. The Morgan fingerprint density at radius 3 is 2.61 bits per heavy atom. The van der Waals surface area contributed by atoms with Crippen LogP contribution in [0.5, 0.6) is 0 Å². The fourth-order valence-electron chi connectivity index (χ4n) is 2.46. The number of thiazole rings is 1. The van der Waals surface area contributed by atoms with E-state index in [2.05, 4.69) is 36.0 Å². The highest BCUT2D eigenvalue weighted by Gasteiger charge is 2.13. The summed E-state index contributed by atoms with van der Waals surface area (Å²) in [5, 5.41) is 4.56. The van der Waals surface area contributed by atoms with E-state index in [-0.39, 0.29) is 0 Å². The molecule has 1 unspecified atom stereocenters. The second kappa shape index (κ2) is 6.53. The molecular formula is C14H25N3S. The Labute approximate surface area is 115 Å². The molecule has 3 nitrogen and oxygen atoms in total. The summed E-state index contributed by atoms with van der Waals surface area (Å²) in [5.41, 5.74) is 1.16. The highest BCUT2D eigenvalue weighted by Crippen LogP contribution is 2.21. The van der Waals surface area contributed by atoms with E-state index >= 15 is 0 Å². The number of nitrogens with zero attached hydrogens (tertiary/aromatic N) is 2. The Morgan fingerprint density at radius 2 is 2.00 bits per heavy atom. The maximum Gasteiger partial charge on any atom is 0.183 e. The van der Waals surface area contributed by atoms with Gasteiger partial charge in [0.1, 0.15) is 0 Å². The minimum absolute atomic E-state index is 0.688. The first-order chi connectivity index (χ1) is 8.65. The molecule has 1 aliphatic rings. The van der Waals surface area contributed by atoms with Crippen LogP contribution in [0.25, 0.3) is 0 Å². The van der Waals surface area contributed by atoms with E-state index < -0.39 is 0 Å². The van der Waals surface area contributed by atoms with Crippen LogP contribution in [0.2, 0.25) is 0 Å². The van der Waals surface area contributed by atoms with Gasteiger partial charge in [0, 0.05) is 18.0 Å². The van der Waals surface area contributed by atoms with E-state index in [0.29, 0.717) is 5.92 Å². The molecule has 1 saturated heterocycles. The van der Waals surface area contributed by atoms with E-state index in [1.54, 1.807) is 11.3 Å². The van der Waals surface area contributed by atoms with E-state index in [4.69, 9.17) is 0 Å². The molecule has 0 spiro atoms. The summed E-state index contributed by atoms with van der Waals surface area (Å²) in [4.78, 5) is 8.45. The van der Waals surface area contributed by atoms with Gasteiger partial charge in [-0.2, -0.15) is 0 Å². The lowest BCUT2D eigenvalue weighted by Gasteiger charge is -2.29. The monoisotopic (exact) mass is 267 g/mol. The van der Waals surface area contributed by atoms with Crippen molar-refractivity contribution in [2.75, 3.05) is 31.5 Å². The second-order valence-corrected chi connectivity index (χ2v) is 6.71. The zero-order valence-electron chi connectivity index (χ0n) is 11.8. The third-order valence-electron chi connectivity index (χ3n) is 3.65. The van der Waals surface area contributed by atoms with E-state index in [1.165, 1.54) is 43.8 Å². The number of aryl methyl sites for hydroxylation is 2. The summed E-state index contributed by atoms with van der Waals surface area (Å²) in [7, 11) is 0. The number of nitrogens with one attached hydrogen (secondary N) is 1. The Hall–Kier alpha value is -0.610. The standard InChI is InChI=1S/C14H25N3S/c1-11(10-17-7-5-4-6-8-17)9-15-14-16-12(2)13(3)18-14/h11H,4-10H2,1-3H3,(H,15,16). The molecule has 1 aromatic heterocycles. The van der Waals surface area contributed by atoms with Gasteiger partial charge in [-0.15, -0.1) is 11.3 Å². The van der Waals surface area contributed by atoms with Crippen molar-refractivity contribution in [3.63, 3.8) is 0 Å². The summed E-state index contributed by atoms with van der Waals surface area (Å²) >= 11 is 1.77. The third kappa shape index (κ3) is 3.95. The van der Waals surface area contributed by atoms with Gasteiger partial charge in [-0.3, -0.25) is 0 Å². The topological polar surface area (TPSA) is 28.2 Å². The fourth-order valence-corrected chi connectivity index (χ4v) is 3.28. The molecule has 18 heavy (non-hydrogen) atoms. The largest absolute Gasteiger partial charge is 0.361 e. The van der Waals surface area contributed by atoms with Crippen LogP contribution in [0.4, 0.5) is 5.13 Å². The van der Waals surface area contributed by atoms with Gasteiger partial charge < -0.3 is 10.2 Å². The van der Waals surface area contributed by atoms with Crippen molar-refractivity contribution in [3.8, 4) is 0 Å². The van der Waals surface area contributed by atoms with Gasteiger partial charge in [0.2, 0.25) is 0 Å². The van der Waals surface area contributed by atoms with Crippen LogP contribution in [0, 0.1) is 19.8 Å². The average Bonchev–Trinajstić information content (AvgIpc) is 2.68. The number of anilines is 1. The Bertz CT molecular complexity index is 350. The fraction of sp³-hybridized carbons (Fsp3) is 0.786.